The van der Waals surface area contributed by atoms with Crippen LogP contribution in [0.1, 0.15) is 5.56 Å². The van der Waals surface area contributed by atoms with Crippen LogP contribution in [-0.4, -0.2) is 9.91 Å². The summed E-state index contributed by atoms with van der Waals surface area (Å²) >= 11 is 14.8. The van der Waals surface area contributed by atoms with Crippen molar-refractivity contribution in [3.8, 4) is 5.75 Å². The van der Waals surface area contributed by atoms with E-state index < -0.39 is 4.92 Å². The van der Waals surface area contributed by atoms with Crippen molar-refractivity contribution < 1.29 is 9.66 Å². The SMILES string of the molecule is O=[N+]([O-])c1cccc(OCc2cnc(Cl)cc2Cl)c1Br. The molecular formula is C12H7BrCl2N2O3. The van der Waals surface area contributed by atoms with E-state index in [1.807, 2.05) is 0 Å². The van der Waals surface area contributed by atoms with Gasteiger partial charge in [0, 0.05) is 17.8 Å². The van der Waals surface area contributed by atoms with Crippen LogP contribution in [0.2, 0.25) is 10.2 Å². The van der Waals surface area contributed by atoms with Gasteiger partial charge in [0.15, 0.2) is 0 Å². The zero-order valence-corrected chi connectivity index (χ0v) is 12.9. The van der Waals surface area contributed by atoms with Crippen molar-refractivity contribution in [2.75, 3.05) is 0 Å². The Kier molecular flexibility index (Phi) is 4.80. The number of halogens is 3. The highest BCUT2D eigenvalue weighted by Gasteiger charge is 2.16. The highest BCUT2D eigenvalue weighted by molar-refractivity contribution is 9.10. The van der Waals surface area contributed by atoms with Crippen LogP contribution in [0.15, 0.2) is 34.9 Å². The third kappa shape index (κ3) is 3.39. The second kappa shape index (κ2) is 6.39. The minimum atomic E-state index is -0.492. The van der Waals surface area contributed by atoms with Crippen LogP contribution >= 0.6 is 39.1 Å². The average Bonchev–Trinajstić information content (AvgIpc) is 2.39. The number of hydrogen-bond acceptors (Lipinski definition) is 4. The number of hydrogen-bond donors (Lipinski definition) is 0. The molecule has 0 unspecified atom stereocenters. The molecule has 104 valence electrons. The summed E-state index contributed by atoms with van der Waals surface area (Å²) in [6.07, 6.45) is 1.50. The summed E-state index contributed by atoms with van der Waals surface area (Å²) in [5.41, 5.74) is 0.567. The van der Waals surface area contributed by atoms with Gasteiger partial charge in [-0.25, -0.2) is 4.98 Å². The summed E-state index contributed by atoms with van der Waals surface area (Å²) < 4.78 is 5.80. The summed E-state index contributed by atoms with van der Waals surface area (Å²) in [6.45, 7) is 0.128. The van der Waals surface area contributed by atoms with Crippen molar-refractivity contribution in [2.24, 2.45) is 0 Å². The molecule has 2 rings (SSSR count). The maximum Gasteiger partial charge on any atom is 0.287 e. The summed E-state index contributed by atoms with van der Waals surface area (Å²) in [5, 5.41) is 11.5. The van der Waals surface area contributed by atoms with Gasteiger partial charge in [0.2, 0.25) is 0 Å². The van der Waals surface area contributed by atoms with E-state index in [9.17, 15) is 10.1 Å². The van der Waals surface area contributed by atoms with Crippen molar-refractivity contribution >= 4 is 44.8 Å². The van der Waals surface area contributed by atoms with Gasteiger partial charge in [-0.05, 0) is 28.1 Å². The molecule has 0 saturated heterocycles. The smallest absolute Gasteiger partial charge is 0.287 e. The van der Waals surface area contributed by atoms with E-state index in [2.05, 4.69) is 20.9 Å². The number of nitro benzene ring substituents is 1. The van der Waals surface area contributed by atoms with Crippen LogP contribution in [0.4, 0.5) is 5.69 Å². The second-order valence-corrected chi connectivity index (χ2v) is 5.32. The normalized spacial score (nSPS) is 10.3. The molecule has 0 fully saturated rings. The first-order valence-electron chi connectivity index (χ1n) is 5.34. The molecule has 1 aromatic heterocycles. The lowest BCUT2D eigenvalue weighted by molar-refractivity contribution is -0.385. The van der Waals surface area contributed by atoms with Crippen molar-refractivity contribution in [1.82, 2.24) is 4.98 Å². The zero-order valence-electron chi connectivity index (χ0n) is 9.85. The summed E-state index contributed by atoms with van der Waals surface area (Å²) in [6, 6.07) is 6.05. The van der Waals surface area contributed by atoms with Crippen molar-refractivity contribution in [2.45, 2.75) is 6.61 Å². The molecule has 0 amide bonds. The van der Waals surface area contributed by atoms with Crippen LogP contribution in [-0.2, 0) is 6.61 Å². The molecular weight excluding hydrogens is 371 g/mol. The van der Waals surface area contributed by atoms with Crippen molar-refractivity contribution in [3.05, 3.63) is 60.8 Å². The molecule has 0 aliphatic carbocycles. The first-order valence-corrected chi connectivity index (χ1v) is 6.89. The Balaban J connectivity index is 2.19. The predicted octanol–water partition coefficient (Wildman–Crippen LogP) is 4.64. The summed E-state index contributed by atoms with van der Waals surface area (Å²) in [4.78, 5) is 14.2. The zero-order chi connectivity index (χ0) is 14.7. The van der Waals surface area contributed by atoms with Crippen molar-refractivity contribution in [3.63, 3.8) is 0 Å². The Morgan fingerprint density at radius 3 is 2.80 bits per heavy atom. The largest absolute Gasteiger partial charge is 0.487 e. The molecule has 0 spiro atoms. The maximum absolute atomic E-state index is 10.8. The van der Waals surface area contributed by atoms with E-state index in [0.29, 0.717) is 16.3 Å². The number of aromatic nitrogens is 1. The van der Waals surface area contributed by atoms with Gasteiger partial charge in [0.05, 0.1) is 9.95 Å². The third-order valence-electron chi connectivity index (χ3n) is 2.42. The van der Waals surface area contributed by atoms with E-state index in [0.717, 1.165) is 0 Å². The fourth-order valence-electron chi connectivity index (χ4n) is 1.45. The minimum absolute atomic E-state index is 0.0668. The quantitative estimate of drug-likeness (QED) is 0.442. The first kappa shape index (κ1) is 15.0. The van der Waals surface area contributed by atoms with Crippen LogP contribution < -0.4 is 4.74 Å². The lowest BCUT2D eigenvalue weighted by atomic mass is 10.3. The lowest BCUT2D eigenvalue weighted by Crippen LogP contribution is -1.99. The molecule has 0 N–H and O–H groups in total. The Morgan fingerprint density at radius 1 is 1.40 bits per heavy atom. The first-order chi connectivity index (χ1) is 9.49. The minimum Gasteiger partial charge on any atom is -0.487 e. The van der Waals surface area contributed by atoms with Gasteiger partial charge in [0.25, 0.3) is 5.69 Å². The second-order valence-electron chi connectivity index (χ2n) is 3.73. The molecule has 0 aliphatic rings. The van der Waals surface area contributed by atoms with Gasteiger partial charge in [0.1, 0.15) is 22.0 Å². The molecule has 1 aromatic carbocycles. The molecule has 0 saturated carbocycles. The van der Waals surface area contributed by atoms with E-state index in [1.165, 1.54) is 18.3 Å². The Morgan fingerprint density at radius 2 is 2.15 bits per heavy atom. The number of ether oxygens (including phenoxy) is 1. The van der Waals surface area contributed by atoms with Gasteiger partial charge < -0.3 is 4.74 Å². The highest BCUT2D eigenvalue weighted by Crippen LogP contribution is 2.34. The van der Waals surface area contributed by atoms with E-state index in [1.54, 1.807) is 12.1 Å². The molecule has 2 aromatic rings. The molecule has 20 heavy (non-hydrogen) atoms. The molecule has 0 atom stereocenters. The van der Waals surface area contributed by atoms with E-state index in [4.69, 9.17) is 27.9 Å². The van der Waals surface area contributed by atoms with Crippen LogP contribution in [0.25, 0.3) is 0 Å². The molecule has 0 aliphatic heterocycles. The molecule has 5 nitrogen and oxygen atoms in total. The number of benzene rings is 1. The van der Waals surface area contributed by atoms with Gasteiger partial charge in [-0.1, -0.05) is 29.3 Å². The number of nitrogens with zero attached hydrogens (tertiary/aromatic N) is 2. The Labute approximate surface area is 132 Å². The van der Waals surface area contributed by atoms with Crippen LogP contribution in [0, 0.1) is 10.1 Å². The van der Waals surface area contributed by atoms with Gasteiger partial charge in [-0.15, -0.1) is 0 Å². The Hall–Kier alpha value is -1.37. The monoisotopic (exact) mass is 376 g/mol. The standard InChI is InChI=1S/C12H7BrCl2N2O3/c13-12-9(17(18)19)2-1-3-10(12)20-6-7-5-16-11(15)4-8(7)14/h1-5H,6H2. The maximum atomic E-state index is 10.8. The van der Waals surface area contributed by atoms with Crippen LogP contribution in [0.5, 0.6) is 5.75 Å². The van der Waals surface area contributed by atoms with E-state index in [-0.39, 0.29) is 21.9 Å². The van der Waals surface area contributed by atoms with E-state index >= 15 is 0 Å². The lowest BCUT2D eigenvalue weighted by Gasteiger charge is -2.09. The highest BCUT2D eigenvalue weighted by atomic mass is 79.9. The van der Waals surface area contributed by atoms with Gasteiger partial charge >= 0.3 is 0 Å². The fraction of sp³-hybridized carbons (Fsp3) is 0.0833. The van der Waals surface area contributed by atoms with Gasteiger partial charge in [-0.3, -0.25) is 10.1 Å². The number of rotatable bonds is 4. The van der Waals surface area contributed by atoms with Gasteiger partial charge in [-0.2, -0.15) is 0 Å². The fourth-order valence-corrected chi connectivity index (χ4v) is 2.39. The molecule has 1 heterocycles. The Bertz CT molecular complexity index is 667. The summed E-state index contributed by atoms with van der Waals surface area (Å²) in [5.74, 6) is 0.352. The number of pyridine rings is 1. The topological polar surface area (TPSA) is 65.3 Å². The third-order valence-corrected chi connectivity index (χ3v) is 3.77. The predicted molar refractivity (Wildman–Crippen MR) is 79.4 cm³/mol. The van der Waals surface area contributed by atoms with Crippen LogP contribution in [0.3, 0.4) is 0 Å². The molecule has 0 radical (unpaired) electrons. The number of nitro groups is 1. The summed E-state index contributed by atoms with van der Waals surface area (Å²) in [7, 11) is 0. The molecule has 8 heteroatoms. The van der Waals surface area contributed by atoms with Crippen molar-refractivity contribution in [1.29, 1.82) is 0 Å². The molecule has 0 bridgehead atoms. The average molecular weight is 378 g/mol.